The number of ketones is 2. The van der Waals surface area contributed by atoms with Gasteiger partial charge in [-0.25, -0.2) is 0 Å². The predicted octanol–water partition coefficient (Wildman–Crippen LogP) is 8.23. The summed E-state index contributed by atoms with van der Waals surface area (Å²) in [5, 5.41) is 0. The molecule has 0 atom stereocenters. The summed E-state index contributed by atoms with van der Waals surface area (Å²) in [5.74, 6) is 0.633. The molecule has 2 nitrogen and oxygen atoms in total. The number of carbonyl (C=O) groups excluding carboxylic acids is 2. The normalized spacial score (nSPS) is 16.8. The smallest absolute Gasteiger partial charge is 0.169 e. The Kier molecular flexibility index (Phi) is 9.01. The molecule has 2 aliphatic rings. The molecule has 2 aromatic carbocycles. The van der Waals surface area contributed by atoms with Crippen LogP contribution in [0, 0.1) is 13.8 Å². The van der Waals surface area contributed by atoms with Crippen LogP contribution in [0.15, 0.2) is 79.3 Å². The van der Waals surface area contributed by atoms with Gasteiger partial charge in [-0.3, -0.25) is 9.59 Å². The van der Waals surface area contributed by atoms with Gasteiger partial charge >= 0.3 is 0 Å². The molecule has 0 heterocycles. The minimum atomic E-state index is 0.317. The van der Waals surface area contributed by atoms with Crippen LogP contribution >= 0.6 is 23.5 Å². The first-order valence-corrected chi connectivity index (χ1v) is 12.9. The molecule has 0 amide bonds. The standard InChI is InChI=1S/2C14H16OS/c2*1-10-6-3-4-9-13(10)16-14-11(2)7-5-8-12(14)15/h2*3-4,6,9H,5,7-8H2,1-2H3. The van der Waals surface area contributed by atoms with Crippen molar-refractivity contribution in [2.24, 2.45) is 0 Å². The van der Waals surface area contributed by atoms with Gasteiger partial charge in [-0.15, -0.1) is 0 Å². The molecular formula is C28H32O2S2. The predicted molar refractivity (Wildman–Crippen MR) is 137 cm³/mol. The highest BCUT2D eigenvalue weighted by Gasteiger charge is 2.20. The maximum Gasteiger partial charge on any atom is 0.169 e. The zero-order chi connectivity index (χ0) is 23.1. The van der Waals surface area contributed by atoms with Crippen LogP contribution in [0.2, 0.25) is 0 Å². The third-order valence-electron chi connectivity index (χ3n) is 5.80. The van der Waals surface area contributed by atoms with Crippen LogP contribution in [0.4, 0.5) is 0 Å². The van der Waals surface area contributed by atoms with Gasteiger partial charge in [0.1, 0.15) is 0 Å². The number of hydrogen-bond donors (Lipinski definition) is 0. The summed E-state index contributed by atoms with van der Waals surface area (Å²) >= 11 is 3.27. The minimum Gasteiger partial charge on any atom is -0.294 e. The highest BCUT2D eigenvalue weighted by molar-refractivity contribution is 8.04. The third-order valence-corrected chi connectivity index (χ3v) is 8.72. The van der Waals surface area contributed by atoms with Gasteiger partial charge in [-0.05, 0) is 76.6 Å². The van der Waals surface area contributed by atoms with Crippen LogP contribution in [0.1, 0.15) is 63.5 Å². The summed E-state index contributed by atoms with van der Waals surface area (Å²) in [5.41, 5.74) is 4.99. The SMILES string of the molecule is CC1=C(Sc2ccccc2C)C(=O)CCC1.CC1=C(Sc2ccccc2C)C(=O)CCC1. The summed E-state index contributed by atoms with van der Waals surface area (Å²) in [4.78, 5) is 28.0. The summed E-state index contributed by atoms with van der Waals surface area (Å²) in [6.45, 7) is 8.34. The molecule has 0 unspecified atom stereocenters. The van der Waals surface area contributed by atoms with Gasteiger partial charge < -0.3 is 0 Å². The van der Waals surface area contributed by atoms with E-state index in [1.54, 1.807) is 23.5 Å². The van der Waals surface area contributed by atoms with Crippen LogP contribution in [0.5, 0.6) is 0 Å². The second-order valence-electron chi connectivity index (χ2n) is 8.51. The molecule has 4 rings (SSSR count). The maximum atomic E-state index is 11.8. The van der Waals surface area contributed by atoms with E-state index in [9.17, 15) is 9.59 Å². The first kappa shape index (κ1) is 24.6. The Hall–Kier alpha value is -2.04. The van der Waals surface area contributed by atoms with Crippen molar-refractivity contribution in [1.82, 2.24) is 0 Å². The second kappa shape index (κ2) is 11.7. The van der Waals surface area contributed by atoms with Crippen molar-refractivity contribution in [3.8, 4) is 0 Å². The highest BCUT2D eigenvalue weighted by Crippen LogP contribution is 2.37. The molecule has 0 saturated heterocycles. The van der Waals surface area contributed by atoms with E-state index in [4.69, 9.17) is 0 Å². The van der Waals surface area contributed by atoms with E-state index in [0.717, 1.165) is 35.5 Å². The van der Waals surface area contributed by atoms with E-state index >= 15 is 0 Å². The van der Waals surface area contributed by atoms with Crippen molar-refractivity contribution >= 4 is 35.1 Å². The molecule has 0 bridgehead atoms. The highest BCUT2D eigenvalue weighted by atomic mass is 32.2. The first-order valence-electron chi connectivity index (χ1n) is 11.3. The van der Waals surface area contributed by atoms with Gasteiger partial charge in [-0.1, -0.05) is 71.1 Å². The lowest BCUT2D eigenvalue weighted by Gasteiger charge is -2.16. The molecule has 2 aromatic rings. The number of Topliss-reactive ketones (excluding diaryl/α,β-unsaturated/α-hetero) is 2. The Morgan fingerprint density at radius 1 is 0.562 bits per heavy atom. The lowest BCUT2D eigenvalue weighted by molar-refractivity contribution is -0.116. The van der Waals surface area contributed by atoms with Crippen LogP contribution < -0.4 is 0 Å². The number of allylic oxidation sites excluding steroid dienone is 4. The first-order chi connectivity index (χ1) is 15.4. The zero-order valence-corrected chi connectivity index (χ0v) is 21.1. The number of aryl methyl sites for hydroxylation is 2. The Bertz CT molecular complexity index is 977. The van der Waals surface area contributed by atoms with E-state index < -0.39 is 0 Å². The van der Waals surface area contributed by atoms with Gasteiger partial charge in [0.05, 0.1) is 9.81 Å². The van der Waals surface area contributed by atoms with Gasteiger partial charge in [0.2, 0.25) is 0 Å². The van der Waals surface area contributed by atoms with Crippen LogP contribution in [0.3, 0.4) is 0 Å². The Morgan fingerprint density at radius 3 is 1.28 bits per heavy atom. The number of benzene rings is 2. The molecule has 0 N–H and O–H groups in total. The fourth-order valence-corrected chi connectivity index (χ4v) is 5.98. The molecule has 4 heteroatoms. The lowest BCUT2D eigenvalue weighted by atomic mass is 10.00. The van der Waals surface area contributed by atoms with Crippen molar-refractivity contribution in [2.45, 2.75) is 76.0 Å². The average molecular weight is 465 g/mol. The van der Waals surface area contributed by atoms with Gasteiger partial charge in [0, 0.05) is 22.6 Å². The van der Waals surface area contributed by atoms with Gasteiger partial charge in [0.25, 0.3) is 0 Å². The van der Waals surface area contributed by atoms with Crippen molar-refractivity contribution in [2.75, 3.05) is 0 Å². The monoisotopic (exact) mass is 464 g/mol. The largest absolute Gasteiger partial charge is 0.294 e. The third kappa shape index (κ3) is 6.49. The van der Waals surface area contributed by atoms with Crippen molar-refractivity contribution < 1.29 is 9.59 Å². The molecular weight excluding hydrogens is 432 g/mol. The lowest BCUT2D eigenvalue weighted by Crippen LogP contribution is -2.07. The summed E-state index contributed by atoms with van der Waals surface area (Å²) in [7, 11) is 0. The molecule has 32 heavy (non-hydrogen) atoms. The Morgan fingerprint density at radius 2 is 0.938 bits per heavy atom. The van der Waals surface area contributed by atoms with E-state index in [1.807, 2.05) is 24.3 Å². The van der Waals surface area contributed by atoms with E-state index in [-0.39, 0.29) is 0 Å². The molecule has 0 fully saturated rings. The van der Waals surface area contributed by atoms with E-state index in [1.165, 1.54) is 32.1 Å². The quantitative estimate of drug-likeness (QED) is 0.456. The zero-order valence-electron chi connectivity index (χ0n) is 19.5. The van der Waals surface area contributed by atoms with Crippen LogP contribution in [0.25, 0.3) is 0 Å². The number of thioether (sulfide) groups is 2. The fraction of sp³-hybridized carbons (Fsp3) is 0.357. The van der Waals surface area contributed by atoms with Crippen LogP contribution in [-0.4, -0.2) is 11.6 Å². The Labute approximate surface area is 201 Å². The topological polar surface area (TPSA) is 34.1 Å². The minimum absolute atomic E-state index is 0.317. The molecule has 2 aliphatic carbocycles. The molecule has 0 aliphatic heterocycles. The molecule has 0 spiro atoms. The maximum absolute atomic E-state index is 11.8. The molecule has 0 aromatic heterocycles. The summed E-state index contributed by atoms with van der Waals surface area (Å²) in [6.07, 6.45) is 5.60. The van der Waals surface area contributed by atoms with Crippen molar-refractivity contribution in [3.05, 3.63) is 80.6 Å². The molecule has 0 saturated carbocycles. The fourth-order valence-electron chi connectivity index (χ4n) is 3.81. The summed E-state index contributed by atoms with van der Waals surface area (Å²) < 4.78 is 0. The van der Waals surface area contributed by atoms with Crippen molar-refractivity contribution in [1.29, 1.82) is 0 Å². The second-order valence-corrected chi connectivity index (χ2v) is 10.6. The van der Waals surface area contributed by atoms with Crippen molar-refractivity contribution in [3.63, 3.8) is 0 Å². The van der Waals surface area contributed by atoms with E-state index in [2.05, 4.69) is 52.0 Å². The number of carbonyl (C=O) groups is 2. The van der Waals surface area contributed by atoms with E-state index in [0.29, 0.717) is 24.4 Å². The molecule has 168 valence electrons. The summed E-state index contributed by atoms with van der Waals surface area (Å²) in [6, 6.07) is 16.5. The van der Waals surface area contributed by atoms with Gasteiger partial charge in [-0.2, -0.15) is 0 Å². The van der Waals surface area contributed by atoms with Crippen LogP contribution in [-0.2, 0) is 9.59 Å². The number of rotatable bonds is 4. The Balaban J connectivity index is 0.000000181. The average Bonchev–Trinajstić information content (AvgIpc) is 2.76. The molecule has 0 radical (unpaired) electrons. The van der Waals surface area contributed by atoms with Gasteiger partial charge in [0.15, 0.2) is 11.6 Å². The number of hydrogen-bond acceptors (Lipinski definition) is 4.